The number of aryl methyl sites for hydroxylation is 3. The largest absolute Gasteiger partial charge is 0.493 e. The Hall–Kier alpha value is -1.85. The summed E-state index contributed by atoms with van der Waals surface area (Å²) in [5.41, 5.74) is 5.79. The lowest BCUT2D eigenvalue weighted by molar-refractivity contribution is 0.357. The van der Waals surface area contributed by atoms with Crippen LogP contribution in [-0.2, 0) is 29.4 Å². The van der Waals surface area contributed by atoms with Gasteiger partial charge in [-0.2, -0.15) is 4.31 Å². The SMILES string of the molecule is Cc1ccc(CN(C2CC2)S(=O)(=O)CCc2ccc3c(c2)CCO3)cc1C. The minimum absolute atomic E-state index is 0.161. The molecule has 0 amide bonds. The number of fused-ring (bicyclic) bond motifs is 1. The Morgan fingerprint density at radius 3 is 2.56 bits per heavy atom. The second-order valence-electron chi connectivity index (χ2n) is 7.80. The third-order valence-corrected chi connectivity index (χ3v) is 7.49. The first-order valence-corrected chi connectivity index (χ1v) is 11.3. The van der Waals surface area contributed by atoms with Gasteiger partial charge in [-0.1, -0.05) is 30.3 Å². The van der Waals surface area contributed by atoms with Crippen LogP contribution in [0.4, 0.5) is 0 Å². The van der Waals surface area contributed by atoms with E-state index in [-0.39, 0.29) is 11.8 Å². The minimum Gasteiger partial charge on any atom is -0.493 e. The van der Waals surface area contributed by atoms with Gasteiger partial charge < -0.3 is 4.74 Å². The number of rotatable bonds is 7. The van der Waals surface area contributed by atoms with Crippen molar-refractivity contribution in [3.63, 3.8) is 0 Å². The summed E-state index contributed by atoms with van der Waals surface area (Å²) >= 11 is 0. The van der Waals surface area contributed by atoms with Crippen LogP contribution in [0.25, 0.3) is 0 Å². The number of ether oxygens (including phenoxy) is 1. The smallest absolute Gasteiger partial charge is 0.214 e. The maximum atomic E-state index is 13.1. The predicted octanol–water partition coefficient (Wildman–Crippen LogP) is 3.78. The van der Waals surface area contributed by atoms with Crippen LogP contribution in [0.15, 0.2) is 36.4 Å². The molecule has 2 aromatic rings. The fourth-order valence-electron chi connectivity index (χ4n) is 3.66. The third kappa shape index (κ3) is 4.19. The molecule has 0 radical (unpaired) electrons. The standard InChI is InChI=1S/C22H27NO3S/c1-16-3-4-19(13-17(16)2)15-23(21-6-7-21)27(24,25)12-10-18-5-8-22-20(14-18)9-11-26-22/h3-5,8,13-14,21H,6-7,9-12,15H2,1-2H3. The summed E-state index contributed by atoms with van der Waals surface area (Å²) in [6.45, 7) is 5.36. The van der Waals surface area contributed by atoms with E-state index in [4.69, 9.17) is 4.74 Å². The van der Waals surface area contributed by atoms with E-state index in [9.17, 15) is 8.42 Å². The molecule has 0 aromatic heterocycles. The van der Waals surface area contributed by atoms with E-state index in [1.54, 1.807) is 4.31 Å². The lowest BCUT2D eigenvalue weighted by Gasteiger charge is -2.22. The zero-order chi connectivity index (χ0) is 19.0. The summed E-state index contributed by atoms with van der Waals surface area (Å²) in [7, 11) is -3.29. The van der Waals surface area contributed by atoms with Crippen molar-refractivity contribution in [2.24, 2.45) is 0 Å². The molecule has 1 aliphatic carbocycles. The first kappa shape index (κ1) is 18.5. The molecule has 0 unspecified atom stereocenters. The van der Waals surface area contributed by atoms with E-state index in [1.165, 1.54) is 16.7 Å². The Kier molecular flexibility index (Phi) is 4.99. The van der Waals surface area contributed by atoms with Gasteiger partial charge >= 0.3 is 0 Å². The molecule has 0 atom stereocenters. The van der Waals surface area contributed by atoms with Crippen molar-refractivity contribution in [2.75, 3.05) is 12.4 Å². The zero-order valence-electron chi connectivity index (χ0n) is 16.1. The van der Waals surface area contributed by atoms with E-state index < -0.39 is 10.0 Å². The van der Waals surface area contributed by atoms with E-state index in [1.807, 2.05) is 18.2 Å². The summed E-state index contributed by atoms with van der Waals surface area (Å²) in [6, 6.07) is 12.5. The Balaban J connectivity index is 1.47. The molecule has 0 spiro atoms. The molecule has 4 rings (SSSR count). The molecule has 0 bridgehead atoms. The zero-order valence-corrected chi connectivity index (χ0v) is 16.9. The van der Waals surface area contributed by atoms with Crippen LogP contribution >= 0.6 is 0 Å². The molecule has 1 aliphatic heterocycles. The Morgan fingerprint density at radius 1 is 1.04 bits per heavy atom. The molecule has 4 nitrogen and oxygen atoms in total. The maximum Gasteiger partial charge on any atom is 0.214 e. The van der Waals surface area contributed by atoms with E-state index >= 15 is 0 Å². The van der Waals surface area contributed by atoms with Gasteiger partial charge in [0.2, 0.25) is 10.0 Å². The first-order valence-electron chi connectivity index (χ1n) is 9.73. The lowest BCUT2D eigenvalue weighted by Crippen LogP contribution is -2.35. The Bertz CT molecular complexity index is 948. The molecule has 1 fully saturated rings. The van der Waals surface area contributed by atoms with Crippen LogP contribution < -0.4 is 4.74 Å². The van der Waals surface area contributed by atoms with Crippen LogP contribution in [0.2, 0.25) is 0 Å². The average molecular weight is 386 g/mol. The predicted molar refractivity (Wildman–Crippen MR) is 108 cm³/mol. The molecule has 2 aromatic carbocycles. The third-order valence-electron chi connectivity index (χ3n) is 5.62. The number of nitrogens with zero attached hydrogens (tertiary/aromatic N) is 1. The fraction of sp³-hybridized carbons (Fsp3) is 0.455. The van der Waals surface area contributed by atoms with Gasteiger partial charge in [0.25, 0.3) is 0 Å². The maximum absolute atomic E-state index is 13.1. The summed E-state index contributed by atoms with van der Waals surface area (Å²) in [5, 5.41) is 0. The Labute approximate surface area is 162 Å². The van der Waals surface area contributed by atoms with Gasteiger partial charge in [-0.05, 0) is 67.0 Å². The van der Waals surface area contributed by atoms with Gasteiger partial charge in [0, 0.05) is 19.0 Å². The average Bonchev–Trinajstić information content (AvgIpc) is 3.37. The quantitative estimate of drug-likeness (QED) is 0.729. The molecular weight excluding hydrogens is 358 g/mol. The van der Waals surface area contributed by atoms with Crippen LogP contribution in [0.5, 0.6) is 5.75 Å². The van der Waals surface area contributed by atoms with Crippen LogP contribution in [0.3, 0.4) is 0 Å². The Morgan fingerprint density at radius 2 is 1.81 bits per heavy atom. The normalized spacial score (nSPS) is 16.4. The van der Waals surface area contributed by atoms with Gasteiger partial charge in [-0.25, -0.2) is 8.42 Å². The molecule has 0 saturated heterocycles. The van der Waals surface area contributed by atoms with Crippen LogP contribution in [-0.4, -0.2) is 31.1 Å². The van der Waals surface area contributed by atoms with Crippen molar-refractivity contribution in [2.45, 2.75) is 52.1 Å². The summed E-state index contributed by atoms with van der Waals surface area (Å²) in [5.74, 6) is 1.10. The highest BCUT2D eigenvalue weighted by Gasteiger charge is 2.36. The van der Waals surface area contributed by atoms with Crippen molar-refractivity contribution in [1.29, 1.82) is 0 Å². The lowest BCUT2D eigenvalue weighted by atomic mass is 10.1. The monoisotopic (exact) mass is 385 g/mol. The van der Waals surface area contributed by atoms with Crippen molar-refractivity contribution >= 4 is 10.0 Å². The molecule has 2 aliphatic rings. The summed E-state index contributed by atoms with van der Waals surface area (Å²) in [6.07, 6.45) is 3.41. The number of sulfonamides is 1. The highest BCUT2D eigenvalue weighted by Crippen LogP contribution is 2.32. The molecule has 144 valence electrons. The summed E-state index contributed by atoms with van der Waals surface area (Å²) < 4.78 is 33.4. The molecule has 27 heavy (non-hydrogen) atoms. The molecular formula is C22H27NO3S. The van der Waals surface area contributed by atoms with Crippen molar-refractivity contribution in [3.05, 3.63) is 64.2 Å². The van der Waals surface area contributed by atoms with Crippen molar-refractivity contribution in [1.82, 2.24) is 4.31 Å². The summed E-state index contributed by atoms with van der Waals surface area (Å²) in [4.78, 5) is 0. The van der Waals surface area contributed by atoms with Gasteiger partial charge in [0.1, 0.15) is 5.75 Å². The number of benzene rings is 2. The van der Waals surface area contributed by atoms with E-state index in [0.717, 1.165) is 42.7 Å². The molecule has 5 heteroatoms. The molecule has 1 heterocycles. The highest BCUT2D eigenvalue weighted by molar-refractivity contribution is 7.89. The van der Waals surface area contributed by atoms with Crippen molar-refractivity contribution in [3.8, 4) is 5.75 Å². The topological polar surface area (TPSA) is 46.6 Å². The van der Waals surface area contributed by atoms with E-state index in [0.29, 0.717) is 13.0 Å². The molecule has 1 saturated carbocycles. The second-order valence-corrected chi connectivity index (χ2v) is 9.84. The van der Waals surface area contributed by atoms with Gasteiger partial charge in [0.15, 0.2) is 0 Å². The molecule has 0 N–H and O–H groups in total. The van der Waals surface area contributed by atoms with Crippen LogP contribution in [0, 0.1) is 13.8 Å². The number of hydrogen-bond acceptors (Lipinski definition) is 3. The first-order chi connectivity index (χ1) is 12.9. The highest BCUT2D eigenvalue weighted by atomic mass is 32.2. The van der Waals surface area contributed by atoms with Gasteiger partial charge in [-0.3, -0.25) is 0 Å². The second kappa shape index (κ2) is 7.28. The van der Waals surface area contributed by atoms with Crippen LogP contribution in [0.1, 0.15) is 40.7 Å². The van der Waals surface area contributed by atoms with Gasteiger partial charge in [0.05, 0.1) is 12.4 Å². The van der Waals surface area contributed by atoms with Crippen molar-refractivity contribution < 1.29 is 13.2 Å². The number of hydrogen-bond donors (Lipinski definition) is 0. The minimum atomic E-state index is -3.29. The fourth-order valence-corrected chi connectivity index (χ4v) is 5.40. The van der Waals surface area contributed by atoms with E-state index in [2.05, 4.69) is 32.0 Å². The van der Waals surface area contributed by atoms with Gasteiger partial charge in [-0.15, -0.1) is 0 Å².